The van der Waals surface area contributed by atoms with Gasteiger partial charge in [-0.05, 0) is 30.9 Å². The Kier molecular flexibility index (Phi) is 7.77. The van der Waals surface area contributed by atoms with Gasteiger partial charge in [-0.3, -0.25) is 9.59 Å². The van der Waals surface area contributed by atoms with E-state index in [0.717, 1.165) is 12.8 Å². The van der Waals surface area contributed by atoms with E-state index in [0.29, 0.717) is 33.4 Å². The molecule has 0 bridgehead atoms. The number of benzene rings is 1. The molecule has 3 rings (SSSR count). The van der Waals surface area contributed by atoms with E-state index in [1.165, 1.54) is 24.6 Å². The van der Waals surface area contributed by atoms with Gasteiger partial charge >= 0.3 is 0 Å². The van der Waals surface area contributed by atoms with Crippen LogP contribution in [0.1, 0.15) is 61.8 Å². The molecule has 1 aromatic carbocycles. The molecule has 162 valence electrons. The minimum Gasteiger partial charge on any atom is -0.353 e. The monoisotopic (exact) mass is 449 g/mol. The third-order valence-corrected chi connectivity index (χ3v) is 6.62. The van der Waals surface area contributed by atoms with E-state index in [1.807, 2.05) is 25.5 Å². The SMILES string of the molecule is CC(C)[C@H](NC(=O)c1ccccc1Cl)c1nnc(SCC(=O)NC2CCCC2)n1C. The van der Waals surface area contributed by atoms with Crippen molar-refractivity contribution in [1.29, 1.82) is 0 Å². The van der Waals surface area contributed by atoms with E-state index in [-0.39, 0.29) is 23.8 Å². The van der Waals surface area contributed by atoms with Crippen molar-refractivity contribution >= 4 is 35.2 Å². The fourth-order valence-electron chi connectivity index (χ4n) is 3.59. The highest BCUT2D eigenvalue weighted by Gasteiger charge is 2.26. The first-order valence-corrected chi connectivity index (χ1v) is 11.6. The number of amides is 2. The van der Waals surface area contributed by atoms with Gasteiger partial charge in [-0.15, -0.1) is 10.2 Å². The quantitative estimate of drug-likeness (QED) is 0.599. The van der Waals surface area contributed by atoms with Crippen LogP contribution in [0.25, 0.3) is 0 Å². The number of hydrogen-bond donors (Lipinski definition) is 2. The fourth-order valence-corrected chi connectivity index (χ4v) is 4.54. The number of carbonyl (C=O) groups is 2. The Balaban J connectivity index is 1.65. The number of rotatable bonds is 8. The molecule has 7 nitrogen and oxygen atoms in total. The van der Waals surface area contributed by atoms with Crippen molar-refractivity contribution in [2.45, 2.75) is 56.8 Å². The molecule has 0 spiro atoms. The molecule has 1 fully saturated rings. The van der Waals surface area contributed by atoms with E-state index in [2.05, 4.69) is 20.8 Å². The van der Waals surface area contributed by atoms with E-state index >= 15 is 0 Å². The normalized spacial score (nSPS) is 15.4. The third kappa shape index (κ3) is 5.55. The zero-order valence-corrected chi connectivity index (χ0v) is 19.1. The van der Waals surface area contributed by atoms with Gasteiger partial charge in [-0.25, -0.2) is 0 Å². The van der Waals surface area contributed by atoms with Crippen LogP contribution in [0.5, 0.6) is 0 Å². The molecule has 2 aromatic rings. The molecule has 1 atom stereocenters. The van der Waals surface area contributed by atoms with Crippen molar-refractivity contribution in [1.82, 2.24) is 25.4 Å². The van der Waals surface area contributed by atoms with Crippen LogP contribution in [-0.2, 0) is 11.8 Å². The standard InChI is InChI=1S/C21H28ClN5O2S/c1-13(2)18(24-20(29)15-10-6-7-11-16(15)22)19-25-26-21(27(19)3)30-12-17(28)23-14-8-4-5-9-14/h6-7,10-11,13-14,18H,4-5,8-9,12H2,1-3H3,(H,23,28)(H,24,29)/t18-/m0/s1. The minimum atomic E-state index is -0.340. The first-order valence-electron chi connectivity index (χ1n) is 10.2. The lowest BCUT2D eigenvalue weighted by atomic mass is 10.0. The number of nitrogens with zero attached hydrogens (tertiary/aromatic N) is 3. The summed E-state index contributed by atoms with van der Waals surface area (Å²) in [6, 6.07) is 6.91. The van der Waals surface area contributed by atoms with Crippen LogP contribution in [0.3, 0.4) is 0 Å². The van der Waals surface area contributed by atoms with Gasteiger partial charge in [0.1, 0.15) is 0 Å². The highest BCUT2D eigenvalue weighted by Crippen LogP contribution is 2.25. The molecule has 1 saturated carbocycles. The van der Waals surface area contributed by atoms with Crippen molar-refractivity contribution < 1.29 is 9.59 Å². The van der Waals surface area contributed by atoms with E-state index in [9.17, 15) is 9.59 Å². The third-order valence-electron chi connectivity index (χ3n) is 5.27. The lowest BCUT2D eigenvalue weighted by Crippen LogP contribution is -2.34. The Morgan fingerprint density at radius 2 is 1.93 bits per heavy atom. The van der Waals surface area contributed by atoms with Crippen LogP contribution in [0.4, 0.5) is 0 Å². The zero-order chi connectivity index (χ0) is 21.7. The summed E-state index contributed by atoms with van der Waals surface area (Å²) >= 11 is 7.51. The minimum absolute atomic E-state index is 0.0175. The second kappa shape index (κ2) is 10.3. The summed E-state index contributed by atoms with van der Waals surface area (Å²) in [5.41, 5.74) is 0.421. The smallest absolute Gasteiger partial charge is 0.253 e. The Labute approximate surface area is 186 Å². The molecule has 0 aliphatic heterocycles. The molecular weight excluding hydrogens is 422 g/mol. The summed E-state index contributed by atoms with van der Waals surface area (Å²) < 4.78 is 1.84. The van der Waals surface area contributed by atoms with E-state index < -0.39 is 0 Å². The molecule has 1 aliphatic carbocycles. The van der Waals surface area contributed by atoms with Crippen molar-refractivity contribution in [2.75, 3.05) is 5.75 Å². The maximum absolute atomic E-state index is 12.7. The second-order valence-electron chi connectivity index (χ2n) is 7.91. The Hall–Kier alpha value is -2.06. The van der Waals surface area contributed by atoms with Crippen LogP contribution in [0, 0.1) is 5.92 Å². The van der Waals surface area contributed by atoms with Gasteiger partial charge in [-0.1, -0.05) is 62.2 Å². The van der Waals surface area contributed by atoms with Gasteiger partial charge in [0, 0.05) is 13.1 Å². The van der Waals surface area contributed by atoms with Crippen LogP contribution in [-0.4, -0.2) is 38.4 Å². The average Bonchev–Trinajstić information content (AvgIpc) is 3.34. The summed E-state index contributed by atoms with van der Waals surface area (Å²) in [6.45, 7) is 4.02. The molecular formula is C21H28ClN5O2S. The van der Waals surface area contributed by atoms with Crippen LogP contribution in [0.15, 0.2) is 29.4 Å². The average molecular weight is 450 g/mol. The van der Waals surface area contributed by atoms with Crippen molar-refractivity contribution in [3.8, 4) is 0 Å². The van der Waals surface area contributed by atoms with Crippen molar-refractivity contribution in [2.24, 2.45) is 13.0 Å². The summed E-state index contributed by atoms with van der Waals surface area (Å²) in [7, 11) is 1.85. The van der Waals surface area contributed by atoms with E-state index in [1.54, 1.807) is 24.3 Å². The summed E-state index contributed by atoms with van der Waals surface area (Å²) in [4.78, 5) is 24.9. The van der Waals surface area contributed by atoms with Crippen molar-refractivity contribution in [3.63, 3.8) is 0 Å². The predicted octanol–water partition coefficient (Wildman–Crippen LogP) is 3.75. The van der Waals surface area contributed by atoms with Gasteiger partial charge in [0.25, 0.3) is 5.91 Å². The highest BCUT2D eigenvalue weighted by atomic mass is 35.5. The molecule has 0 radical (unpaired) electrons. The Bertz CT molecular complexity index is 895. The predicted molar refractivity (Wildman–Crippen MR) is 119 cm³/mol. The molecule has 1 heterocycles. The number of carbonyl (C=O) groups excluding carboxylic acids is 2. The van der Waals surface area contributed by atoms with Crippen LogP contribution >= 0.6 is 23.4 Å². The van der Waals surface area contributed by atoms with Crippen molar-refractivity contribution in [3.05, 3.63) is 40.7 Å². The molecule has 0 unspecified atom stereocenters. The number of thioether (sulfide) groups is 1. The maximum Gasteiger partial charge on any atom is 0.253 e. The molecule has 1 aromatic heterocycles. The molecule has 9 heteroatoms. The summed E-state index contributed by atoms with van der Waals surface area (Å²) in [6.07, 6.45) is 4.49. The second-order valence-corrected chi connectivity index (χ2v) is 9.26. The van der Waals surface area contributed by atoms with Gasteiger partial charge in [0.2, 0.25) is 5.91 Å². The number of hydrogen-bond acceptors (Lipinski definition) is 5. The number of aromatic nitrogens is 3. The zero-order valence-electron chi connectivity index (χ0n) is 17.5. The maximum atomic E-state index is 12.7. The molecule has 30 heavy (non-hydrogen) atoms. The number of nitrogens with one attached hydrogen (secondary N) is 2. The first kappa shape index (κ1) is 22.6. The van der Waals surface area contributed by atoms with Gasteiger partial charge in [-0.2, -0.15) is 0 Å². The van der Waals surface area contributed by atoms with E-state index in [4.69, 9.17) is 11.6 Å². The molecule has 2 amide bonds. The topological polar surface area (TPSA) is 88.9 Å². The van der Waals surface area contributed by atoms with Crippen LogP contribution < -0.4 is 10.6 Å². The first-order chi connectivity index (χ1) is 14.4. The molecule has 1 aliphatic rings. The fraction of sp³-hybridized carbons (Fsp3) is 0.524. The van der Waals surface area contributed by atoms with Crippen LogP contribution in [0.2, 0.25) is 5.02 Å². The van der Waals surface area contributed by atoms with Gasteiger partial charge in [0.15, 0.2) is 11.0 Å². The van der Waals surface area contributed by atoms with Gasteiger partial charge < -0.3 is 15.2 Å². The Morgan fingerprint density at radius 3 is 2.60 bits per heavy atom. The number of halogens is 1. The van der Waals surface area contributed by atoms with Gasteiger partial charge in [0.05, 0.1) is 22.4 Å². The Morgan fingerprint density at radius 1 is 1.23 bits per heavy atom. The summed E-state index contributed by atoms with van der Waals surface area (Å²) in [5.74, 6) is 0.782. The molecule has 2 N–H and O–H groups in total. The summed E-state index contributed by atoms with van der Waals surface area (Å²) in [5, 5.41) is 15.7. The lowest BCUT2D eigenvalue weighted by molar-refractivity contribution is -0.119. The lowest BCUT2D eigenvalue weighted by Gasteiger charge is -2.22. The highest BCUT2D eigenvalue weighted by molar-refractivity contribution is 7.99. The largest absolute Gasteiger partial charge is 0.353 e. The molecule has 0 saturated heterocycles.